The molecule has 1 amide bonds. The SMILES string of the molecule is C.CSc1nc(N)nc(NCCC[C@H](N)C(=O)Nc2cccc(C(F)(F)F)c2)c1C#N. The van der Waals surface area contributed by atoms with E-state index in [-0.39, 0.29) is 36.9 Å². The smallest absolute Gasteiger partial charge is 0.369 e. The Labute approximate surface area is 182 Å². The standard InChI is InChI=1S/C18H20F3N7OS.CH4/c1-30-16-12(9-22)14(27-17(24)28-16)25-7-3-6-13(23)15(29)26-11-5-2-4-10(8-11)18(19,20)21;/h2,4-5,8,13H,3,6-7,23H2,1H3,(H,26,29)(H3,24,25,27,28);1H4/t13-;/m0./s1. The second-order valence-corrected chi connectivity index (χ2v) is 6.96. The summed E-state index contributed by atoms with van der Waals surface area (Å²) in [6.45, 7) is 0.351. The van der Waals surface area contributed by atoms with Crippen LogP contribution in [0.15, 0.2) is 29.3 Å². The Hall–Kier alpha value is -3.04. The maximum Gasteiger partial charge on any atom is 0.416 e. The van der Waals surface area contributed by atoms with Crippen LogP contribution in [0, 0.1) is 11.3 Å². The van der Waals surface area contributed by atoms with E-state index in [1.165, 1.54) is 23.9 Å². The number of rotatable bonds is 8. The zero-order valence-electron chi connectivity index (χ0n) is 16.0. The van der Waals surface area contributed by atoms with E-state index >= 15 is 0 Å². The molecule has 0 fully saturated rings. The van der Waals surface area contributed by atoms with E-state index in [0.29, 0.717) is 18.0 Å². The molecular formula is C19H24F3N7OS. The molecule has 0 spiro atoms. The number of carbonyl (C=O) groups excluding carboxylic acids is 1. The summed E-state index contributed by atoms with van der Waals surface area (Å²) in [5, 5.41) is 15.1. The summed E-state index contributed by atoms with van der Waals surface area (Å²) < 4.78 is 38.3. The van der Waals surface area contributed by atoms with Crippen LogP contribution in [0.4, 0.5) is 30.6 Å². The summed E-state index contributed by atoms with van der Waals surface area (Å²) in [6, 6.07) is 5.42. The second-order valence-electron chi connectivity index (χ2n) is 6.17. The second kappa shape index (κ2) is 11.4. The number of nitrogens with zero attached hydrogens (tertiary/aromatic N) is 3. The molecule has 2 aromatic rings. The average molecular weight is 456 g/mol. The number of thioether (sulfide) groups is 1. The van der Waals surface area contributed by atoms with Crippen molar-refractivity contribution < 1.29 is 18.0 Å². The number of nitriles is 1. The normalized spacial score (nSPS) is 11.7. The first-order chi connectivity index (χ1) is 14.2. The van der Waals surface area contributed by atoms with Crippen molar-refractivity contribution in [3.05, 3.63) is 35.4 Å². The van der Waals surface area contributed by atoms with Crippen LogP contribution in [0.1, 0.15) is 31.4 Å². The van der Waals surface area contributed by atoms with E-state index in [4.69, 9.17) is 11.5 Å². The first-order valence-corrected chi connectivity index (χ1v) is 9.97. The van der Waals surface area contributed by atoms with Crippen LogP contribution in [-0.4, -0.2) is 34.7 Å². The maximum absolute atomic E-state index is 12.8. The Kier molecular flexibility index (Phi) is 9.54. The Bertz CT molecular complexity index is 947. The molecule has 0 bridgehead atoms. The Balaban J connectivity index is 0.00000480. The minimum absolute atomic E-state index is 0. The van der Waals surface area contributed by atoms with Gasteiger partial charge in [-0.25, -0.2) is 4.98 Å². The molecule has 0 saturated carbocycles. The first-order valence-electron chi connectivity index (χ1n) is 8.75. The molecule has 2 rings (SSSR count). The number of amides is 1. The minimum atomic E-state index is -4.50. The molecule has 0 aliphatic carbocycles. The van der Waals surface area contributed by atoms with E-state index < -0.39 is 23.7 Å². The summed E-state index contributed by atoms with van der Waals surface area (Å²) in [5.41, 5.74) is 10.9. The number of aromatic nitrogens is 2. The van der Waals surface area contributed by atoms with Crippen molar-refractivity contribution in [2.24, 2.45) is 5.73 Å². The van der Waals surface area contributed by atoms with Gasteiger partial charge in [-0.3, -0.25) is 4.79 Å². The molecule has 1 aromatic heterocycles. The Morgan fingerprint density at radius 1 is 1.35 bits per heavy atom. The maximum atomic E-state index is 12.8. The lowest BCUT2D eigenvalue weighted by Crippen LogP contribution is -2.36. The molecule has 0 unspecified atom stereocenters. The fourth-order valence-corrected chi connectivity index (χ4v) is 3.03. The van der Waals surface area contributed by atoms with Crippen LogP contribution >= 0.6 is 11.8 Å². The number of nitrogen functional groups attached to an aromatic ring is 1. The molecule has 8 nitrogen and oxygen atoms in total. The van der Waals surface area contributed by atoms with Crippen molar-refractivity contribution in [2.45, 2.75) is 37.5 Å². The van der Waals surface area contributed by atoms with E-state index in [1.54, 1.807) is 6.26 Å². The van der Waals surface area contributed by atoms with Gasteiger partial charge in [-0.15, -0.1) is 11.8 Å². The fraction of sp³-hybridized carbons (Fsp3) is 0.368. The van der Waals surface area contributed by atoms with Crippen LogP contribution in [-0.2, 0) is 11.0 Å². The number of hydrogen-bond donors (Lipinski definition) is 4. The van der Waals surface area contributed by atoms with Gasteiger partial charge in [-0.2, -0.15) is 23.4 Å². The molecule has 1 aromatic carbocycles. The van der Waals surface area contributed by atoms with Gasteiger partial charge in [-0.05, 0) is 37.3 Å². The Morgan fingerprint density at radius 3 is 2.68 bits per heavy atom. The molecule has 12 heteroatoms. The van der Waals surface area contributed by atoms with E-state index in [0.717, 1.165) is 12.1 Å². The monoisotopic (exact) mass is 455 g/mol. The summed E-state index contributed by atoms with van der Waals surface area (Å²) in [6.07, 6.45) is -2.04. The van der Waals surface area contributed by atoms with Gasteiger partial charge in [-0.1, -0.05) is 13.5 Å². The van der Waals surface area contributed by atoms with Gasteiger partial charge in [0.15, 0.2) is 5.82 Å². The van der Waals surface area contributed by atoms with Crippen molar-refractivity contribution in [3.63, 3.8) is 0 Å². The lowest BCUT2D eigenvalue weighted by Gasteiger charge is -2.14. The quantitative estimate of drug-likeness (QED) is 0.269. The van der Waals surface area contributed by atoms with Crippen LogP contribution in [0.2, 0.25) is 0 Å². The molecule has 0 saturated heterocycles. The number of anilines is 3. The third-order valence-corrected chi connectivity index (χ3v) is 4.66. The third kappa shape index (κ3) is 7.30. The number of benzene rings is 1. The minimum Gasteiger partial charge on any atom is -0.369 e. The van der Waals surface area contributed by atoms with Gasteiger partial charge in [0.1, 0.15) is 16.7 Å². The number of hydrogen-bond acceptors (Lipinski definition) is 8. The van der Waals surface area contributed by atoms with E-state index in [9.17, 15) is 23.2 Å². The first kappa shape index (κ1) is 26.0. The lowest BCUT2D eigenvalue weighted by atomic mass is 10.1. The predicted octanol–water partition coefficient (Wildman–Crippen LogP) is 3.47. The molecular weight excluding hydrogens is 431 g/mol. The van der Waals surface area contributed by atoms with Crippen molar-refractivity contribution in [2.75, 3.05) is 29.2 Å². The van der Waals surface area contributed by atoms with Crippen LogP contribution in [0.5, 0.6) is 0 Å². The van der Waals surface area contributed by atoms with Crippen LogP contribution in [0.25, 0.3) is 0 Å². The van der Waals surface area contributed by atoms with Gasteiger partial charge < -0.3 is 22.1 Å². The van der Waals surface area contributed by atoms with Crippen molar-refractivity contribution in [3.8, 4) is 6.07 Å². The molecule has 1 atom stereocenters. The topological polar surface area (TPSA) is 143 Å². The number of carbonyl (C=O) groups is 1. The molecule has 1 heterocycles. The van der Waals surface area contributed by atoms with Gasteiger partial charge in [0, 0.05) is 12.2 Å². The van der Waals surface area contributed by atoms with E-state index in [2.05, 4.69) is 20.6 Å². The molecule has 0 aliphatic heterocycles. The zero-order chi connectivity index (χ0) is 22.3. The van der Waals surface area contributed by atoms with Crippen molar-refractivity contribution >= 4 is 35.1 Å². The van der Waals surface area contributed by atoms with Crippen molar-refractivity contribution in [1.82, 2.24) is 9.97 Å². The number of alkyl halides is 3. The lowest BCUT2D eigenvalue weighted by molar-refractivity contribution is -0.137. The zero-order valence-corrected chi connectivity index (χ0v) is 16.8. The fourth-order valence-electron chi connectivity index (χ4n) is 2.50. The molecule has 0 aliphatic rings. The molecule has 31 heavy (non-hydrogen) atoms. The summed E-state index contributed by atoms with van der Waals surface area (Å²) in [5.74, 6) is -0.280. The third-order valence-electron chi connectivity index (χ3n) is 3.98. The summed E-state index contributed by atoms with van der Waals surface area (Å²) in [4.78, 5) is 20.1. The highest BCUT2D eigenvalue weighted by atomic mass is 32.2. The average Bonchev–Trinajstić information content (AvgIpc) is 2.70. The molecule has 6 N–H and O–H groups in total. The summed E-state index contributed by atoms with van der Waals surface area (Å²) in [7, 11) is 0. The number of halogens is 3. The van der Waals surface area contributed by atoms with E-state index in [1.807, 2.05) is 6.07 Å². The van der Waals surface area contributed by atoms with Gasteiger partial charge in [0.05, 0.1) is 11.6 Å². The van der Waals surface area contributed by atoms with Crippen LogP contribution < -0.4 is 22.1 Å². The Morgan fingerprint density at radius 2 is 2.06 bits per heavy atom. The summed E-state index contributed by atoms with van der Waals surface area (Å²) >= 11 is 1.26. The molecule has 0 radical (unpaired) electrons. The van der Waals surface area contributed by atoms with Gasteiger partial charge >= 0.3 is 6.18 Å². The number of nitrogens with one attached hydrogen (secondary N) is 2. The largest absolute Gasteiger partial charge is 0.416 e. The van der Waals surface area contributed by atoms with Gasteiger partial charge in [0.25, 0.3) is 0 Å². The van der Waals surface area contributed by atoms with Crippen molar-refractivity contribution in [1.29, 1.82) is 5.26 Å². The molecule has 168 valence electrons. The highest BCUT2D eigenvalue weighted by Gasteiger charge is 2.30. The highest BCUT2D eigenvalue weighted by Crippen LogP contribution is 2.30. The predicted molar refractivity (Wildman–Crippen MR) is 115 cm³/mol. The van der Waals surface area contributed by atoms with Gasteiger partial charge in [0.2, 0.25) is 11.9 Å². The highest BCUT2D eigenvalue weighted by molar-refractivity contribution is 7.98. The van der Waals surface area contributed by atoms with Crippen LogP contribution in [0.3, 0.4) is 0 Å². The number of nitrogens with two attached hydrogens (primary N) is 2.